The van der Waals surface area contributed by atoms with Crippen molar-refractivity contribution in [3.8, 4) is 0 Å². The predicted octanol–water partition coefficient (Wildman–Crippen LogP) is 2.15. The lowest BCUT2D eigenvalue weighted by Gasteiger charge is -2.39. The van der Waals surface area contributed by atoms with Gasteiger partial charge in [0.15, 0.2) is 5.78 Å². The highest BCUT2D eigenvalue weighted by atomic mass is 16.6. The summed E-state index contributed by atoms with van der Waals surface area (Å²) in [6.07, 6.45) is 1.26. The summed E-state index contributed by atoms with van der Waals surface area (Å²) in [6, 6.07) is 0. The molecule has 0 aromatic carbocycles. The topological polar surface area (TPSA) is 82.0 Å². The molecule has 1 saturated carbocycles. The van der Waals surface area contributed by atoms with Crippen LogP contribution in [0.5, 0.6) is 0 Å². The third kappa shape index (κ3) is 3.72. The Morgan fingerprint density at radius 2 is 1.95 bits per heavy atom. The molecular weight excluding hydrogens is 286 g/mol. The normalized spacial score (nSPS) is 25.9. The van der Waals surface area contributed by atoms with E-state index in [-0.39, 0.29) is 12.2 Å². The Bertz CT molecular complexity index is 481. The first-order valence-corrected chi connectivity index (χ1v) is 7.63. The molecule has 0 bridgehead atoms. The van der Waals surface area contributed by atoms with Crippen molar-refractivity contribution >= 4 is 23.2 Å². The molecule has 1 fully saturated rings. The highest BCUT2D eigenvalue weighted by molar-refractivity contribution is 6.26. The molecule has 0 N–H and O–H groups in total. The molecule has 0 unspecified atom stereocenters. The maximum absolute atomic E-state index is 12.8. The van der Waals surface area contributed by atoms with Gasteiger partial charge < -0.3 is 9.57 Å². The fourth-order valence-corrected chi connectivity index (χ4v) is 2.91. The van der Waals surface area contributed by atoms with Crippen LogP contribution in [-0.4, -0.2) is 37.0 Å². The summed E-state index contributed by atoms with van der Waals surface area (Å²) in [6.45, 7) is 7.60. The van der Waals surface area contributed by atoms with Crippen molar-refractivity contribution in [1.82, 2.24) is 0 Å². The first kappa shape index (κ1) is 18.3. The minimum atomic E-state index is -0.997. The van der Waals surface area contributed by atoms with Gasteiger partial charge in [0.05, 0.1) is 12.8 Å². The third-order valence-corrected chi connectivity index (χ3v) is 3.89. The number of Topliss-reactive ketones (excluding diaryl/α,β-unsaturated/α-hetero) is 2. The van der Waals surface area contributed by atoms with Gasteiger partial charge in [-0.3, -0.25) is 14.4 Å². The number of hydrogen-bond acceptors (Lipinski definition) is 6. The van der Waals surface area contributed by atoms with Crippen molar-refractivity contribution in [2.24, 2.45) is 22.4 Å². The van der Waals surface area contributed by atoms with E-state index in [2.05, 4.69) is 5.16 Å². The van der Waals surface area contributed by atoms with Crippen LogP contribution in [0.2, 0.25) is 0 Å². The van der Waals surface area contributed by atoms with E-state index < -0.39 is 29.0 Å². The molecule has 6 heteroatoms. The van der Waals surface area contributed by atoms with Crippen molar-refractivity contribution in [2.75, 3.05) is 13.7 Å². The van der Waals surface area contributed by atoms with Crippen LogP contribution in [0.15, 0.2) is 5.16 Å². The number of oxime groups is 1. The van der Waals surface area contributed by atoms with Crippen LogP contribution in [0, 0.1) is 17.3 Å². The molecule has 1 aliphatic rings. The lowest BCUT2D eigenvalue weighted by Crippen LogP contribution is -2.52. The Labute approximate surface area is 131 Å². The van der Waals surface area contributed by atoms with Crippen molar-refractivity contribution in [3.05, 3.63) is 0 Å². The van der Waals surface area contributed by atoms with E-state index in [0.29, 0.717) is 25.2 Å². The Hall–Kier alpha value is -1.72. The van der Waals surface area contributed by atoms with Gasteiger partial charge >= 0.3 is 5.97 Å². The van der Waals surface area contributed by atoms with Gasteiger partial charge in [-0.25, -0.2) is 0 Å². The molecule has 2 atom stereocenters. The highest BCUT2D eigenvalue weighted by Gasteiger charge is 2.52. The van der Waals surface area contributed by atoms with Gasteiger partial charge in [0.2, 0.25) is 0 Å². The number of esters is 1. The van der Waals surface area contributed by atoms with Crippen LogP contribution in [0.1, 0.15) is 47.0 Å². The molecule has 0 radical (unpaired) electrons. The molecule has 6 nitrogen and oxygen atoms in total. The Morgan fingerprint density at radius 1 is 1.32 bits per heavy atom. The van der Waals surface area contributed by atoms with Crippen molar-refractivity contribution in [1.29, 1.82) is 0 Å². The van der Waals surface area contributed by atoms with Crippen molar-refractivity contribution < 1.29 is 24.0 Å². The number of nitrogens with zero attached hydrogens (tertiary/aromatic N) is 1. The minimum Gasteiger partial charge on any atom is -0.468 e. The SMILES string of the molecule is CCCC(=O)[C@H]1C(=O)[C@H](C(=O)OC)C(C)(C)C/C1=N/OCC. The number of carbonyl (C=O) groups excluding carboxylic acids is 3. The van der Waals surface area contributed by atoms with Crippen LogP contribution >= 0.6 is 0 Å². The van der Waals surface area contributed by atoms with Gasteiger partial charge in [-0.2, -0.15) is 0 Å². The number of rotatable bonds is 6. The molecule has 1 aliphatic carbocycles. The van der Waals surface area contributed by atoms with E-state index in [9.17, 15) is 14.4 Å². The Morgan fingerprint density at radius 3 is 2.45 bits per heavy atom. The van der Waals surface area contributed by atoms with Gasteiger partial charge in [0.25, 0.3) is 0 Å². The zero-order chi connectivity index (χ0) is 16.9. The molecule has 0 spiro atoms. The molecule has 0 aliphatic heterocycles. The first-order valence-electron chi connectivity index (χ1n) is 7.63. The standard InChI is InChI=1S/C16H25NO5/c1-6-8-11(18)12-10(17-22-7-2)9-16(3,4)13(14(12)19)15(20)21-5/h12-13H,6-9H2,1-5H3/b17-10-/t12-,13+/m0/s1. The summed E-state index contributed by atoms with van der Waals surface area (Å²) in [4.78, 5) is 42.2. The van der Waals surface area contributed by atoms with E-state index in [1.54, 1.807) is 20.8 Å². The molecule has 0 amide bonds. The maximum Gasteiger partial charge on any atom is 0.316 e. The quantitative estimate of drug-likeness (QED) is 0.426. The monoisotopic (exact) mass is 311 g/mol. The summed E-state index contributed by atoms with van der Waals surface area (Å²) in [5.74, 6) is -3.19. The molecule has 22 heavy (non-hydrogen) atoms. The number of ketones is 2. The fourth-order valence-electron chi connectivity index (χ4n) is 2.91. The number of ether oxygens (including phenoxy) is 1. The van der Waals surface area contributed by atoms with E-state index >= 15 is 0 Å². The van der Waals surface area contributed by atoms with Crippen LogP contribution in [0.25, 0.3) is 0 Å². The van der Waals surface area contributed by atoms with Gasteiger partial charge in [-0.15, -0.1) is 0 Å². The molecule has 0 heterocycles. The minimum absolute atomic E-state index is 0.213. The summed E-state index contributed by atoms with van der Waals surface area (Å²) in [5, 5.41) is 3.97. The summed E-state index contributed by atoms with van der Waals surface area (Å²) < 4.78 is 4.76. The fraction of sp³-hybridized carbons (Fsp3) is 0.750. The number of hydrogen-bond donors (Lipinski definition) is 0. The second-order valence-corrected chi connectivity index (χ2v) is 6.17. The summed E-state index contributed by atoms with van der Waals surface area (Å²) in [7, 11) is 1.25. The Balaban J connectivity index is 3.25. The lowest BCUT2D eigenvalue weighted by molar-refractivity contribution is -0.156. The Kier molecular flexibility index (Phi) is 6.26. The average Bonchev–Trinajstić information content (AvgIpc) is 2.43. The number of carbonyl (C=O) groups is 3. The third-order valence-electron chi connectivity index (χ3n) is 3.89. The van der Waals surface area contributed by atoms with Crippen molar-refractivity contribution in [2.45, 2.75) is 47.0 Å². The second-order valence-electron chi connectivity index (χ2n) is 6.17. The predicted molar refractivity (Wildman–Crippen MR) is 81.4 cm³/mol. The van der Waals surface area contributed by atoms with Gasteiger partial charge in [-0.1, -0.05) is 25.9 Å². The van der Waals surface area contributed by atoms with Gasteiger partial charge in [0, 0.05) is 6.42 Å². The molecule has 0 aromatic heterocycles. The van der Waals surface area contributed by atoms with Crippen LogP contribution in [0.4, 0.5) is 0 Å². The van der Waals surface area contributed by atoms with E-state index in [1.807, 2.05) is 6.92 Å². The summed E-state index contributed by atoms with van der Waals surface area (Å²) >= 11 is 0. The average molecular weight is 311 g/mol. The largest absolute Gasteiger partial charge is 0.468 e. The van der Waals surface area contributed by atoms with Gasteiger partial charge in [0.1, 0.15) is 24.2 Å². The van der Waals surface area contributed by atoms with E-state index in [0.717, 1.165) is 0 Å². The second kappa shape index (κ2) is 7.51. The van der Waals surface area contributed by atoms with Crippen LogP contribution in [0.3, 0.4) is 0 Å². The molecule has 0 saturated heterocycles. The zero-order valence-electron chi connectivity index (χ0n) is 14.0. The summed E-state index contributed by atoms with van der Waals surface area (Å²) in [5.41, 5.74) is -0.251. The molecule has 124 valence electrons. The first-order chi connectivity index (χ1) is 10.3. The molecule has 0 aromatic rings. The van der Waals surface area contributed by atoms with Crippen LogP contribution < -0.4 is 0 Å². The maximum atomic E-state index is 12.8. The molecular formula is C16H25NO5. The van der Waals surface area contributed by atoms with Crippen LogP contribution in [-0.2, 0) is 24.0 Å². The highest BCUT2D eigenvalue weighted by Crippen LogP contribution is 2.41. The van der Waals surface area contributed by atoms with Gasteiger partial charge in [-0.05, 0) is 25.2 Å². The number of methoxy groups -OCH3 is 1. The van der Waals surface area contributed by atoms with Crippen molar-refractivity contribution in [3.63, 3.8) is 0 Å². The van der Waals surface area contributed by atoms with E-state index in [1.165, 1.54) is 7.11 Å². The molecule has 1 rings (SSSR count). The van der Waals surface area contributed by atoms with E-state index in [4.69, 9.17) is 9.57 Å². The lowest BCUT2D eigenvalue weighted by atomic mass is 9.62. The smallest absolute Gasteiger partial charge is 0.316 e. The zero-order valence-corrected chi connectivity index (χ0v) is 14.0.